The van der Waals surface area contributed by atoms with Gasteiger partial charge in [-0.05, 0) is 50.4 Å². The van der Waals surface area contributed by atoms with Crippen LogP contribution >= 0.6 is 43.2 Å². The van der Waals surface area contributed by atoms with E-state index in [1.54, 1.807) is 17.5 Å². The predicted octanol–water partition coefficient (Wildman–Crippen LogP) is 4.24. The Hall–Kier alpha value is -0.660. The molecule has 0 aliphatic carbocycles. The molecule has 108 valence electrons. The third-order valence-electron chi connectivity index (χ3n) is 2.79. The summed E-state index contributed by atoms with van der Waals surface area (Å²) in [5.41, 5.74) is 0.642. The minimum atomic E-state index is -0.0872. The molecule has 0 spiro atoms. The van der Waals surface area contributed by atoms with Crippen molar-refractivity contribution in [1.29, 1.82) is 0 Å². The van der Waals surface area contributed by atoms with Gasteiger partial charge in [0.2, 0.25) is 0 Å². The van der Waals surface area contributed by atoms with Gasteiger partial charge in [0.1, 0.15) is 4.47 Å². The lowest BCUT2D eigenvalue weighted by Crippen LogP contribution is -2.24. The topological polar surface area (TPSA) is 46.9 Å². The lowest BCUT2D eigenvalue weighted by Gasteiger charge is -2.09. The predicted molar refractivity (Wildman–Crippen MR) is 90.5 cm³/mol. The number of rotatable bonds is 6. The molecule has 0 radical (unpaired) electrons. The summed E-state index contributed by atoms with van der Waals surface area (Å²) in [4.78, 5) is 13.3. The van der Waals surface area contributed by atoms with E-state index in [4.69, 9.17) is 0 Å². The van der Waals surface area contributed by atoms with Crippen molar-refractivity contribution in [2.45, 2.75) is 32.9 Å². The Morgan fingerprint density at radius 3 is 2.85 bits per heavy atom. The average molecular weight is 421 g/mol. The van der Waals surface area contributed by atoms with E-state index in [1.807, 2.05) is 12.1 Å². The number of nitrogens with one attached hydrogen (secondary N) is 1. The number of unbranched alkanes of at least 4 members (excludes halogenated alkanes) is 1. The van der Waals surface area contributed by atoms with Gasteiger partial charge in [0.15, 0.2) is 0 Å². The van der Waals surface area contributed by atoms with E-state index in [1.165, 1.54) is 9.56 Å². The van der Waals surface area contributed by atoms with E-state index in [2.05, 4.69) is 49.2 Å². The third kappa shape index (κ3) is 3.93. The van der Waals surface area contributed by atoms with Crippen LogP contribution in [-0.2, 0) is 13.1 Å². The molecule has 0 aliphatic rings. The molecule has 2 rings (SSSR count). The van der Waals surface area contributed by atoms with Gasteiger partial charge in [-0.15, -0.1) is 11.3 Å². The molecule has 0 unspecified atom stereocenters. The second kappa shape index (κ2) is 7.38. The summed E-state index contributed by atoms with van der Waals surface area (Å²) < 4.78 is 3.14. The van der Waals surface area contributed by atoms with E-state index >= 15 is 0 Å². The average Bonchev–Trinajstić information content (AvgIpc) is 2.85. The molecule has 4 nitrogen and oxygen atoms in total. The molecule has 1 N–H and O–H groups in total. The lowest BCUT2D eigenvalue weighted by molar-refractivity contribution is 0.541. The maximum Gasteiger partial charge on any atom is 0.283 e. The number of anilines is 1. The Balaban J connectivity index is 2.09. The van der Waals surface area contributed by atoms with Crippen LogP contribution in [0.25, 0.3) is 0 Å². The summed E-state index contributed by atoms with van der Waals surface area (Å²) in [5.74, 6) is 0. The van der Waals surface area contributed by atoms with Crippen LogP contribution < -0.4 is 10.9 Å². The zero-order valence-electron chi connectivity index (χ0n) is 11.0. The maximum atomic E-state index is 12.1. The summed E-state index contributed by atoms with van der Waals surface area (Å²) >= 11 is 8.46. The minimum absolute atomic E-state index is 0.0872. The van der Waals surface area contributed by atoms with Crippen LogP contribution in [0.3, 0.4) is 0 Å². The van der Waals surface area contributed by atoms with Crippen LogP contribution in [0.5, 0.6) is 0 Å². The first-order chi connectivity index (χ1) is 9.61. The molecule has 0 saturated heterocycles. The largest absolute Gasteiger partial charge is 0.378 e. The van der Waals surface area contributed by atoms with Gasteiger partial charge in [-0.1, -0.05) is 13.3 Å². The van der Waals surface area contributed by atoms with E-state index in [-0.39, 0.29) is 5.56 Å². The van der Waals surface area contributed by atoms with Crippen LogP contribution in [0, 0.1) is 0 Å². The van der Waals surface area contributed by atoms with Crippen molar-refractivity contribution >= 4 is 48.9 Å². The fourth-order valence-electron chi connectivity index (χ4n) is 1.68. The number of thiophene rings is 1. The minimum Gasteiger partial charge on any atom is -0.378 e. The molecule has 2 aromatic rings. The summed E-state index contributed by atoms with van der Waals surface area (Å²) in [6.07, 6.45) is 3.69. The molecular formula is C13H15Br2N3OS. The molecule has 0 saturated carbocycles. The maximum absolute atomic E-state index is 12.1. The highest BCUT2D eigenvalue weighted by Crippen LogP contribution is 2.24. The molecule has 0 aliphatic heterocycles. The third-order valence-corrected chi connectivity index (χ3v) is 5.18. The zero-order valence-corrected chi connectivity index (χ0v) is 15.0. The molecule has 0 aromatic carbocycles. The fraction of sp³-hybridized carbons (Fsp3) is 0.385. The second-order valence-electron chi connectivity index (χ2n) is 4.31. The molecule has 0 atom stereocenters. The Morgan fingerprint density at radius 2 is 2.20 bits per heavy atom. The van der Waals surface area contributed by atoms with Gasteiger partial charge >= 0.3 is 0 Å². The number of aromatic nitrogens is 2. The van der Waals surface area contributed by atoms with Gasteiger partial charge in [0, 0.05) is 18.0 Å². The number of aryl methyl sites for hydroxylation is 1. The van der Waals surface area contributed by atoms with Gasteiger partial charge in [-0.2, -0.15) is 5.10 Å². The van der Waals surface area contributed by atoms with Gasteiger partial charge < -0.3 is 5.32 Å². The SMILES string of the molecule is CCCCn1ncc(NCc2ccc(Br)s2)c(Br)c1=O. The van der Waals surface area contributed by atoms with E-state index < -0.39 is 0 Å². The quantitative estimate of drug-likeness (QED) is 0.759. The van der Waals surface area contributed by atoms with Crippen LogP contribution in [-0.4, -0.2) is 9.78 Å². The van der Waals surface area contributed by atoms with Crippen molar-refractivity contribution in [2.75, 3.05) is 5.32 Å². The van der Waals surface area contributed by atoms with Crippen molar-refractivity contribution in [3.63, 3.8) is 0 Å². The normalized spacial score (nSPS) is 10.8. The molecule has 7 heteroatoms. The van der Waals surface area contributed by atoms with Crippen LogP contribution in [0.15, 0.2) is 31.4 Å². The fourth-order valence-corrected chi connectivity index (χ4v) is 3.55. The van der Waals surface area contributed by atoms with Gasteiger partial charge in [-0.3, -0.25) is 4.79 Å². The first-order valence-corrected chi connectivity index (χ1v) is 8.75. The summed E-state index contributed by atoms with van der Waals surface area (Å²) in [6.45, 7) is 3.43. The highest BCUT2D eigenvalue weighted by molar-refractivity contribution is 9.11. The summed E-state index contributed by atoms with van der Waals surface area (Å²) in [5, 5.41) is 7.43. The van der Waals surface area contributed by atoms with Crippen LogP contribution in [0.4, 0.5) is 5.69 Å². The summed E-state index contributed by atoms with van der Waals surface area (Å²) in [6, 6.07) is 4.06. The highest BCUT2D eigenvalue weighted by atomic mass is 79.9. The van der Waals surface area contributed by atoms with Crippen LogP contribution in [0.2, 0.25) is 0 Å². The van der Waals surface area contributed by atoms with Crippen molar-refractivity contribution in [1.82, 2.24) is 9.78 Å². The van der Waals surface area contributed by atoms with Crippen molar-refractivity contribution in [2.24, 2.45) is 0 Å². The highest BCUT2D eigenvalue weighted by Gasteiger charge is 2.08. The van der Waals surface area contributed by atoms with Crippen LogP contribution in [0.1, 0.15) is 24.6 Å². The molecule has 2 aromatic heterocycles. The molecule has 0 bridgehead atoms. The monoisotopic (exact) mass is 419 g/mol. The molecule has 2 heterocycles. The number of halogens is 2. The Morgan fingerprint density at radius 1 is 1.40 bits per heavy atom. The number of nitrogens with zero attached hydrogens (tertiary/aromatic N) is 2. The first kappa shape index (κ1) is 15.7. The Kier molecular flexibility index (Phi) is 5.80. The number of hydrogen-bond acceptors (Lipinski definition) is 4. The molecule has 0 amide bonds. The Bertz CT molecular complexity index is 639. The second-order valence-corrected chi connectivity index (χ2v) is 7.65. The Labute approximate surface area is 138 Å². The summed E-state index contributed by atoms with van der Waals surface area (Å²) in [7, 11) is 0. The standard InChI is InChI=1S/C13H15Br2N3OS/c1-2-3-6-18-13(19)12(15)10(8-17-18)16-7-9-4-5-11(14)20-9/h4-5,8,16H,2-3,6-7H2,1H3. The first-order valence-electron chi connectivity index (χ1n) is 6.35. The van der Waals surface area contributed by atoms with Crippen molar-refractivity contribution in [3.05, 3.63) is 41.8 Å². The van der Waals surface area contributed by atoms with Crippen molar-refractivity contribution < 1.29 is 0 Å². The molecular weight excluding hydrogens is 406 g/mol. The van der Waals surface area contributed by atoms with E-state index in [9.17, 15) is 4.79 Å². The molecule has 20 heavy (non-hydrogen) atoms. The van der Waals surface area contributed by atoms with Crippen molar-refractivity contribution in [3.8, 4) is 0 Å². The zero-order chi connectivity index (χ0) is 14.5. The molecule has 0 fully saturated rings. The lowest BCUT2D eigenvalue weighted by atomic mass is 10.3. The smallest absolute Gasteiger partial charge is 0.283 e. The van der Waals surface area contributed by atoms with Gasteiger partial charge in [0.05, 0.1) is 15.7 Å². The van der Waals surface area contributed by atoms with Gasteiger partial charge in [0.25, 0.3) is 5.56 Å². The number of hydrogen-bond donors (Lipinski definition) is 1. The van der Waals surface area contributed by atoms with Gasteiger partial charge in [-0.25, -0.2) is 4.68 Å². The van der Waals surface area contributed by atoms with E-state index in [0.717, 1.165) is 22.3 Å². The van der Waals surface area contributed by atoms with E-state index in [0.29, 0.717) is 17.6 Å².